The number of rotatable bonds is 5. The van der Waals surface area contributed by atoms with Crippen LogP contribution in [0.5, 0.6) is 5.88 Å². The maximum atomic E-state index is 11.1. The van der Waals surface area contributed by atoms with Gasteiger partial charge in [-0.15, -0.1) is 0 Å². The lowest BCUT2D eigenvalue weighted by Gasteiger charge is -2.27. The van der Waals surface area contributed by atoms with Gasteiger partial charge in [-0.05, 0) is 30.2 Å². The average molecular weight is 353 g/mol. The molecule has 0 radical (unpaired) electrons. The second-order valence-electron chi connectivity index (χ2n) is 8.23. The van der Waals surface area contributed by atoms with Crippen LogP contribution in [0.3, 0.4) is 0 Å². The van der Waals surface area contributed by atoms with Crippen LogP contribution in [0, 0.1) is 11.8 Å². The fraction of sp³-hybridized carbons (Fsp3) is 0.524. The average Bonchev–Trinajstić information content (AvgIpc) is 3.10. The fourth-order valence-electron chi connectivity index (χ4n) is 4.89. The van der Waals surface area contributed by atoms with E-state index in [9.17, 15) is 10.2 Å². The molecule has 4 atom stereocenters. The lowest BCUT2D eigenvalue weighted by atomic mass is 9.91. The molecule has 1 aromatic carbocycles. The van der Waals surface area contributed by atoms with Gasteiger partial charge < -0.3 is 15.1 Å². The van der Waals surface area contributed by atoms with Gasteiger partial charge in [0, 0.05) is 32.0 Å². The minimum Gasteiger partial charge on any atom is -0.492 e. The van der Waals surface area contributed by atoms with Gasteiger partial charge in [-0.25, -0.2) is 4.98 Å². The second kappa shape index (κ2) is 6.97. The van der Waals surface area contributed by atoms with Gasteiger partial charge in [-0.3, -0.25) is 4.98 Å². The van der Waals surface area contributed by atoms with Gasteiger partial charge in [0.2, 0.25) is 5.88 Å². The largest absolute Gasteiger partial charge is 0.492 e. The predicted molar refractivity (Wildman–Crippen MR) is 99.9 cm³/mol. The molecule has 26 heavy (non-hydrogen) atoms. The molecule has 0 bridgehead atoms. The minimum absolute atomic E-state index is 0.0330. The second-order valence-corrected chi connectivity index (χ2v) is 8.23. The highest BCUT2D eigenvalue weighted by Gasteiger charge is 2.48. The van der Waals surface area contributed by atoms with Crippen molar-refractivity contribution in [2.24, 2.45) is 11.8 Å². The van der Waals surface area contributed by atoms with Gasteiger partial charge >= 0.3 is 0 Å². The van der Waals surface area contributed by atoms with Crippen molar-refractivity contribution in [1.82, 2.24) is 14.9 Å². The molecule has 1 aliphatic heterocycles. The highest BCUT2D eigenvalue weighted by molar-refractivity contribution is 5.18. The predicted octanol–water partition coefficient (Wildman–Crippen LogP) is 2.60. The molecule has 1 saturated heterocycles. The third-order valence-electron chi connectivity index (χ3n) is 6.01. The summed E-state index contributed by atoms with van der Waals surface area (Å²) in [6, 6.07) is 10.3. The van der Waals surface area contributed by atoms with Crippen LogP contribution < -0.4 is 0 Å². The van der Waals surface area contributed by atoms with Gasteiger partial charge in [0.05, 0.1) is 23.7 Å². The SMILES string of the molecule is CC(CN1C[C@@H]2C[C@@](O)(Cc3ccccc3)C[C@@H]2C1)c1cnc(O)cn1. The molecule has 0 spiro atoms. The van der Waals surface area contributed by atoms with Crippen LogP contribution in [0.25, 0.3) is 0 Å². The summed E-state index contributed by atoms with van der Waals surface area (Å²) in [7, 11) is 0. The molecule has 2 N–H and O–H groups in total. The summed E-state index contributed by atoms with van der Waals surface area (Å²) in [5.41, 5.74) is 1.60. The van der Waals surface area contributed by atoms with E-state index in [1.54, 1.807) is 6.20 Å². The summed E-state index contributed by atoms with van der Waals surface area (Å²) in [6.45, 7) is 5.21. The van der Waals surface area contributed by atoms with Crippen LogP contribution in [0.2, 0.25) is 0 Å². The Morgan fingerprint density at radius 2 is 1.81 bits per heavy atom. The molecule has 2 aliphatic rings. The van der Waals surface area contributed by atoms with Crippen molar-refractivity contribution in [3.8, 4) is 5.88 Å². The molecule has 1 saturated carbocycles. The number of likely N-dealkylation sites (tertiary alicyclic amines) is 1. The van der Waals surface area contributed by atoms with E-state index in [2.05, 4.69) is 33.9 Å². The molecule has 2 heterocycles. The molecule has 4 rings (SSSR count). The zero-order valence-corrected chi connectivity index (χ0v) is 15.3. The normalized spacial score (nSPS) is 29.6. The van der Waals surface area contributed by atoms with Crippen molar-refractivity contribution in [2.45, 2.75) is 37.7 Å². The van der Waals surface area contributed by atoms with E-state index in [1.165, 1.54) is 11.8 Å². The van der Waals surface area contributed by atoms with Crippen molar-refractivity contribution in [3.63, 3.8) is 0 Å². The molecule has 5 heteroatoms. The highest BCUT2D eigenvalue weighted by Crippen LogP contribution is 2.45. The summed E-state index contributed by atoms with van der Waals surface area (Å²) in [5.74, 6) is 1.42. The van der Waals surface area contributed by atoms with Crippen LogP contribution >= 0.6 is 0 Å². The number of aromatic nitrogens is 2. The maximum Gasteiger partial charge on any atom is 0.229 e. The quantitative estimate of drug-likeness (QED) is 0.865. The number of fused-ring (bicyclic) bond motifs is 1. The number of hydrogen-bond donors (Lipinski definition) is 2. The molecule has 2 fully saturated rings. The fourth-order valence-corrected chi connectivity index (χ4v) is 4.89. The third-order valence-corrected chi connectivity index (χ3v) is 6.01. The van der Waals surface area contributed by atoms with Gasteiger partial charge in [0.25, 0.3) is 0 Å². The van der Waals surface area contributed by atoms with E-state index in [0.717, 1.165) is 44.6 Å². The zero-order chi connectivity index (χ0) is 18.1. The number of nitrogens with zero attached hydrogens (tertiary/aromatic N) is 3. The van der Waals surface area contributed by atoms with Crippen LogP contribution in [-0.2, 0) is 6.42 Å². The zero-order valence-electron chi connectivity index (χ0n) is 15.3. The van der Waals surface area contributed by atoms with Gasteiger partial charge in [-0.1, -0.05) is 37.3 Å². The van der Waals surface area contributed by atoms with Crippen molar-refractivity contribution in [2.75, 3.05) is 19.6 Å². The smallest absolute Gasteiger partial charge is 0.229 e. The monoisotopic (exact) mass is 353 g/mol. The Balaban J connectivity index is 1.32. The van der Waals surface area contributed by atoms with E-state index in [4.69, 9.17) is 0 Å². The summed E-state index contributed by atoms with van der Waals surface area (Å²) in [6.07, 6.45) is 5.64. The first kappa shape index (κ1) is 17.4. The Kier molecular flexibility index (Phi) is 4.67. The standard InChI is InChI=1S/C21H27N3O2/c1-15(19-10-23-20(25)11-22-19)12-24-13-17-8-21(26,9-18(17)14-24)7-16-5-3-2-4-6-16/h2-6,10-11,15,17-18,26H,7-9,12-14H2,1H3,(H,23,25)/t15?,17-,18+,21-. The first-order valence-corrected chi connectivity index (χ1v) is 9.50. The molecule has 2 aromatic rings. The molecule has 5 nitrogen and oxygen atoms in total. The van der Waals surface area contributed by atoms with Gasteiger partial charge in [0.1, 0.15) is 0 Å². The summed E-state index contributed by atoms with van der Waals surface area (Å²) >= 11 is 0. The Bertz CT molecular complexity index is 721. The van der Waals surface area contributed by atoms with E-state index in [-0.39, 0.29) is 11.8 Å². The Labute approximate surface area is 154 Å². The topological polar surface area (TPSA) is 69.5 Å². The van der Waals surface area contributed by atoms with E-state index < -0.39 is 5.60 Å². The first-order chi connectivity index (χ1) is 12.5. The molecule has 1 aromatic heterocycles. The summed E-state index contributed by atoms with van der Waals surface area (Å²) < 4.78 is 0. The van der Waals surface area contributed by atoms with Crippen LogP contribution in [0.1, 0.15) is 36.9 Å². The van der Waals surface area contributed by atoms with Crippen molar-refractivity contribution < 1.29 is 10.2 Å². The Morgan fingerprint density at radius 1 is 1.12 bits per heavy atom. The van der Waals surface area contributed by atoms with Crippen LogP contribution in [-0.4, -0.2) is 50.3 Å². The first-order valence-electron chi connectivity index (χ1n) is 9.50. The summed E-state index contributed by atoms with van der Waals surface area (Å²) in [4.78, 5) is 10.7. The molecular formula is C21H27N3O2. The van der Waals surface area contributed by atoms with Crippen molar-refractivity contribution in [1.29, 1.82) is 0 Å². The van der Waals surface area contributed by atoms with Gasteiger partial charge in [-0.2, -0.15) is 0 Å². The molecule has 1 unspecified atom stereocenters. The molecule has 138 valence electrons. The van der Waals surface area contributed by atoms with E-state index in [0.29, 0.717) is 11.8 Å². The Hall–Kier alpha value is -1.98. The Morgan fingerprint density at radius 3 is 2.42 bits per heavy atom. The van der Waals surface area contributed by atoms with E-state index >= 15 is 0 Å². The number of benzene rings is 1. The highest BCUT2D eigenvalue weighted by atomic mass is 16.3. The lowest BCUT2D eigenvalue weighted by Crippen LogP contribution is -2.33. The molecule has 1 aliphatic carbocycles. The third kappa shape index (κ3) is 3.74. The lowest BCUT2D eigenvalue weighted by molar-refractivity contribution is 0.0353. The number of aliphatic hydroxyl groups is 1. The molecule has 0 amide bonds. The molecular weight excluding hydrogens is 326 g/mol. The van der Waals surface area contributed by atoms with Crippen molar-refractivity contribution >= 4 is 0 Å². The van der Waals surface area contributed by atoms with Crippen LogP contribution in [0.4, 0.5) is 0 Å². The maximum absolute atomic E-state index is 11.1. The van der Waals surface area contributed by atoms with E-state index in [1.807, 2.05) is 18.2 Å². The van der Waals surface area contributed by atoms with Gasteiger partial charge in [0.15, 0.2) is 0 Å². The van der Waals surface area contributed by atoms with Crippen LogP contribution in [0.15, 0.2) is 42.7 Å². The van der Waals surface area contributed by atoms with Crippen molar-refractivity contribution in [3.05, 3.63) is 54.0 Å². The number of hydrogen-bond acceptors (Lipinski definition) is 5. The minimum atomic E-state index is -0.545. The number of aromatic hydroxyl groups is 1. The summed E-state index contributed by atoms with van der Waals surface area (Å²) in [5, 5.41) is 20.3.